The van der Waals surface area contributed by atoms with Gasteiger partial charge < -0.3 is 9.64 Å². The molecule has 20 heavy (non-hydrogen) atoms. The number of halogens is 5. The molecule has 0 saturated carbocycles. The molecule has 1 rings (SSSR count). The minimum atomic E-state index is -5.58. The average molecular weight is 297 g/mol. The first-order valence-corrected chi connectivity index (χ1v) is 5.83. The number of nitrogens with zero attached hydrogens (tertiary/aromatic N) is 1. The van der Waals surface area contributed by atoms with Gasteiger partial charge in [-0.25, -0.2) is 0 Å². The highest BCUT2D eigenvalue weighted by atomic mass is 19.4. The van der Waals surface area contributed by atoms with Crippen LogP contribution < -0.4 is 4.90 Å². The molecule has 1 unspecified atom stereocenters. The molecule has 1 atom stereocenters. The molecule has 1 aromatic rings. The van der Waals surface area contributed by atoms with Gasteiger partial charge in [0.25, 0.3) is 0 Å². The molecule has 0 saturated heterocycles. The van der Waals surface area contributed by atoms with Crippen molar-refractivity contribution in [3.05, 3.63) is 29.8 Å². The summed E-state index contributed by atoms with van der Waals surface area (Å²) < 4.78 is 67.7. The molecular formula is C13H16F5NO. The summed E-state index contributed by atoms with van der Waals surface area (Å²) in [7, 11) is 4.59. The van der Waals surface area contributed by atoms with Gasteiger partial charge >= 0.3 is 12.1 Å². The van der Waals surface area contributed by atoms with Gasteiger partial charge in [0.05, 0.1) is 12.5 Å². The van der Waals surface area contributed by atoms with Crippen LogP contribution in [0.25, 0.3) is 0 Å². The predicted molar refractivity (Wildman–Crippen MR) is 66.1 cm³/mol. The van der Waals surface area contributed by atoms with Gasteiger partial charge in [0, 0.05) is 26.9 Å². The van der Waals surface area contributed by atoms with Crippen molar-refractivity contribution in [2.24, 2.45) is 0 Å². The third-order valence-electron chi connectivity index (χ3n) is 2.90. The number of rotatable bonds is 5. The molecule has 0 aliphatic carbocycles. The van der Waals surface area contributed by atoms with Crippen LogP contribution in [0.1, 0.15) is 18.1 Å². The second-order valence-corrected chi connectivity index (χ2v) is 4.62. The molecule has 0 aromatic heterocycles. The van der Waals surface area contributed by atoms with E-state index in [9.17, 15) is 22.0 Å². The summed E-state index contributed by atoms with van der Waals surface area (Å²) in [5, 5.41) is 0. The first kappa shape index (κ1) is 16.7. The van der Waals surface area contributed by atoms with E-state index in [1.54, 1.807) is 31.1 Å². The van der Waals surface area contributed by atoms with Crippen LogP contribution in [-0.2, 0) is 4.74 Å². The van der Waals surface area contributed by atoms with E-state index >= 15 is 0 Å². The first-order valence-electron chi connectivity index (χ1n) is 5.83. The fourth-order valence-corrected chi connectivity index (χ4v) is 1.69. The number of benzene rings is 1. The van der Waals surface area contributed by atoms with Crippen molar-refractivity contribution in [2.45, 2.75) is 24.6 Å². The molecule has 0 aliphatic rings. The van der Waals surface area contributed by atoms with Gasteiger partial charge in [-0.15, -0.1) is 0 Å². The Kier molecular flexibility index (Phi) is 4.96. The fourth-order valence-electron chi connectivity index (χ4n) is 1.69. The Bertz CT molecular complexity index is 445. The molecule has 1 aromatic carbocycles. The maximum absolute atomic E-state index is 13.1. The summed E-state index contributed by atoms with van der Waals surface area (Å²) in [6.45, 7) is 0. The lowest BCUT2D eigenvalue weighted by Gasteiger charge is -2.25. The van der Waals surface area contributed by atoms with E-state index in [1.807, 2.05) is 0 Å². The zero-order valence-electron chi connectivity index (χ0n) is 11.3. The monoisotopic (exact) mass is 297 g/mol. The van der Waals surface area contributed by atoms with Crippen LogP contribution in [0, 0.1) is 0 Å². The quantitative estimate of drug-likeness (QED) is 0.761. The van der Waals surface area contributed by atoms with Crippen LogP contribution in [0.15, 0.2) is 24.3 Å². The van der Waals surface area contributed by atoms with Gasteiger partial charge in [0.15, 0.2) is 0 Å². The second kappa shape index (κ2) is 5.95. The Morgan fingerprint density at radius 1 is 1.15 bits per heavy atom. The smallest absolute Gasteiger partial charge is 0.378 e. The number of hydrogen-bond donors (Lipinski definition) is 0. The summed E-state index contributed by atoms with van der Waals surface area (Å²) in [6.07, 6.45) is -8.35. The van der Waals surface area contributed by atoms with Crippen molar-refractivity contribution in [2.75, 3.05) is 26.1 Å². The maximum Gasteiger partial charge on any atom is 0.453 e. The van der Waals surface area contributed by atoms with Gasteiger partial charge in [-0.1, -0.05) is 12.1 Å². The molecule has 0 N–H and O–H groups in total. The van der Waals surface area contributed by atoms with Gasteiger partial charge in [-0.2, -0.15) is 22.0 Å². The number of ether oxygens (including phenoxy) is 1. The van der Waals surface area contributed by atoms with Gasteiger partial charge in [0.1, 0.15) is 0 Å². The lowest BCUT2D eigenvalue weighted by molar-refractivity contribution is -0.291. The van der Waals surface area contributed by atoms with Gasteiger partial charge in [0.2, 0.25) is 0 Å². The number of anilines is 1. The van der Waals surface area contributed by atoms with Crippen molar-refractivity contribution in [3.8, 4) is 0 Å². The normalized spacial score (nSPS) is 14.2. The van der Waals surface area contributed by atoms with Crippen molar-refractivity contribution >= 4 is 5.69 Å². The number of hydrogen-bond acceptors (Lipinski definition) is 2. The lowest BCUT2D eigenvalue weighted by atomic mass is 10.0. The Balaban J connectivity index is 3.00. The molecule has 0 fully saturated rings. The largest absolute Gasteiger partial charge is 0.453 e. The molecule has 0 amide bonds. The van der Waals surface area contributed by atoms with Crippen LogP contribution in [0.4, 0.5) is 27.6 Å². The Labute approximate surface area is 114 Å². The summed E-state index contributed by atoms with van der Waals surface area (Å²) >= 11 is 0. The highest BCUT2D eigenvalue weighted by Gasteiger charge is 2.58. The van der Waals surface area contributed by atoms with Crippen molar-refractivity contribution in [1.82, 2.24) is 0 Å². The highest BCUT2D eigenvalue weighted by Crippen LogP contribution is 2.42. The van der Waals surface area contributed by atoms with E-state index in [2.05, 4.69) is 0 Å². The first-order chi connectivity index (χ1) is 9.08. The molecule has 0 heterocycles. The van der Waals surface area contributed by atoms with E-state index in [4.69, 9.17) is 4.74 Å². The van der Waals surface area contributed by atoms with E-state index in [-0.39, 0.29) is 5.56 Å². The fraction of sp³-hybridized carbons (Fsp3) is 0.538. The minimum Gasteiger partial charge on any atom is -0.378 e. The van der Waals surface area contributed by atoms with Crippen LogP contribution in [0.3, 0.4) is 0 Å². The highest BCUT2D eigenvalue weighted by molar-refractivity contribution is 5.47. The van der Waals surface area contributed by atoms with Crippen molar-refractivity contribution in [3.63, 3.8) is 0 Å². The third kappa shape index (κ3) is 3.82. The standard InChI is InChI=1S/C13H16F5NO/c1-19(2)10-6-4-5-9(7-10)11(20-3)8-12(14,15)13(16,17)18/h4-7,11H,8H2,1-3H3. The van der Waals surface area contributed by atoms with Crippen LogP contribution in [0.2, 0.25) is 0 Å². The molecule has 7 heteroatoms. The molecule has 2 nitrogen and oxygen atoms in total. The van der Waals surface area contributed by atoms with E-state index in [1.165, 1.54) is 12.1 Å². The van der Waals surface area contributed by atoms with Crippen LogP contribution in [0.5, 0.6) is 0 Å². The predicted octanol–water partition coefficient (Wildman–Crippen LogP) is 4.03. The van der Waals surface area contributed by atoms with Crippen molar-refractivity contribution in [1.29, 1.82) is 0 Å². The number of methoxy groups -OCH3 is 1. The molecular weight excluding hydrogens is 281 g/mol. The number of alkyl halides is 5. The zero-order valence-corrected chi connectivity index (χ0v) is 11.3. The summed E-state index contributed by atoms with van der Waals surface area (Å²) in [5.41, 5.74) is 0.975. The SMILES string of the molecule is COC(CC(F)(F)C(F)(F)F)c1cccc(N(C)C)c1. The Morgan fingerprint density at radius 3 is 2.20 bits per heavy atom. The van der Waals surface area contributed by atoms with Gasteiger partial charge in [-0.3, -0.25) is 0 Å². The van der Waals surface area contributed by atoms with E-state index in [0.717, 1.165) is 7.11 Å². The summed E-state index contributed by atoms with van der Waals surface area (Å²) in [5.74, 6) is -4.79. The molecule has 0 radical (unpaired) electrons. The maximum atomic E-state index is 13.1. The Morgan fingerprint density at radius 2 is 1.75 bits per heavy atom. The molecule has 114 valence electrons. The van der Waals surface area contributed by atoms with Crippen LogP contribution in [-0.4, -0.2) is 33.3 Å². The average Bonchev–Trinajstić information content (AvgIpc) is 2.34. The Hall–Kier alpha value is -1.37. The topological polar surface area (TPSA) is 12.5 Å². The summed E-state index contributed by atoms with van der Waals surface area (Å²) in [6, 6.07) is 6.30. The molecule has 0 spiro atoms. The van der Waals surface area contributed by atoms with Crippen molar-refractivity contribution < 1.29 is 26.7 Å². The summed E-state index contributed by atoms with van der Waals surface area (Å²) in [4.78, 5) is 1.72. The second-order valence-electron chi connectivity index (χ2n) is 4.62. The third-order valence-corrected chi connectivity index (χ3v) is 2.90. The molecule has 0 aliphatic heterocycles. The molecule has 0 bridgehead atoms. The van der Waals surface area contributed by atoms with E-state index < -0.39 is 24.6 Å². The zero-order chi connectivity index (χ0) is 15.6. The lowest BCUT2D eigenvalue weighted by Crippen LogP contribution is -2.38. The minimum absolute atomic E-state index is 0.280. The van der Waals surface area contributed by atoms with Crippen LogP contribution >= 0.6 is 0 Å². The van der Waals surface area contributed by atoms with E-state index in [0.29, 0.717) is 5.69 Å². The van der Waals surface area contributed by atoms with Gasteiger partial charge in [-0.05, 0) is 17.7 Å².